The van der Waals surface area contributed by atoms with Gasteiger partial charge in [-0.3, -0.25) is 4.57 Å². The molecule has 4 unspecified atom stereocenters. The number of hydrogen-bond acceptors (Lipinski definition) is 6. The lowest BCUT2D eigenvalue weighted by molar-refractivity contribution is 0.110. The van der Waals surface area contributed by atoms with E-state index in [0.29, 0.717) is 11.8 Å². The molecule has 7 nitrogen and oxygen atoms in total. The summed E-state index contributed by atoms with van der Waals surface area (Å²) in [6, 6.07) is 0.267. The van der Waals surface area contributed by atoms with E-state index in [0.717, 1.165) is 18.7 Å². The molecular weight excluding hydrogens is 413 g/mol. The molecule has 0 aromatic carbocycles. The quantitative estimate of drug-likeness (QED) is 0.438. The topological polar surface area (TPSA) is 72.1 Å². The highest BCUT2D eigenvalue weighted by Crippen LogP contribution is 2.39. The third-order valence-electron chi connectivity index (χ3n) is 5.36. The van der Waals surface area contributed by atoms with Gasteiger partial charge in [-0.05, 0) is 39.7 Å². The van der Waals surface area contributed by atoms with Gasteiger partial charge in [0.25, 0.3) is 7.52 Å². The van der Waals surface area contributed by atoms with Crippen LogP contribution in [0.3, 0.4) is 0 Å². The van der Waals surface area contributed by atoms with Crippen LogP contribution in [0.15, 0.2) is 24.6 Å². The largest absolute Gasteiger partial charge is 0.383 e. The zero-order valence-electron chi connectivity index (χ0n) is 20.9. The first-order valence-corrected chi connectivity index (χ1v) is 12.3. The molecule has 0 spiro atoms. The Morgan fingerprint density at radius 1 is 1.19 bits per heavy atom. The average molecular weight is 464 g/mol. The second-order valence-corrected chi connectivity index (χ2v) is 11.6. The number of rotatable bonds is 10. The lowest BCUT2D eigenvalue weighted by atomic mass is 9.94. The summed E-state index contributed by atoms with van der Waals surface area (Å²) >= 11 is 0. The monoisotopic (exact) mass is 463 g/mol. The lowest BCUT2D eigenvalue weighted by Gasteiger charge is -2.36. The molecule has 0 bridgehead atoms. The molecule has 1 heterocycles. The van der Waals surface area contributed by atoms with Gasteiger partial charge < -0.3 is 24.2 Å². The molecule has 1 saturated heterocycles. The van der Waals surface area contributed by atoms with E-state index in [-0.39, 0.29) is 31.5 Å². The minimum absolute atomic E-state index is 0. The number of ether oxygens (including phenoxy) is 2. The third kappa shape index (κ3) is 11.0. The highest BCUT2D eigenvalue weighted by molar-refractivity contribution is 7.56. The molecule has 1 fully saturated rings. The molecule has 1 aliphatic rings. The van der Waals surface area contributed by atoms with Crippen LogP contribution in [0.5, 0.6) is 0 Å². The Morgan fingerprint density at radius 3 is 2.06 bits per heavy atom. The fourth-order valence-electron chi connectivity index (χ4n) is 3.21. The molecule has 1 rings (SSSR count). The summed E-state index contributed by atoms with van der Waals surface area (Å²) in [4.78, 5) is 2.39. The van der Waals surface area contributed by atoms with Gasteiger partial charge in [0.1, 0.15) is 6.35 Å². The molecule has 186 valence electrons. The van der Waals surface area contributed by atoms with Crippen molar-refractivity contribution < 1.29 is 18.6 Å². The van der Waals surface area contributed by atoms with E-state index in [1.165, 1.54) is 19.9 Å². The Labute approximate surface area is 192 Å². The SMILES string of the molecule is C.C=C(NC(C)(C)C)C1CC(OC)CN1C(=C)C(C)C(C)C.CNP(=O)(COC)OC. The minimum Gasteiger partial charge on any atom is -0.383 e. The smallest absolute Gasteiger partial charge is 0.294 e. The summed E-state index contributed by atoms with van der Waals surface area (Å²) in [5.74, 6) is 1.05. The third-order valence-corrected chi connectivity index (χ3v) is 7.23. The molecule has 0 amide bonds. The number of methoxy groups -OCH3 is 2. The average Bonchev–Trinajstić information content (AvgIpc) is 3.10. The van der Waals surface area contributed by atoms with Crippen LogP contribution < -0.4 is 10.4 Å². The van der Waals surface area contributed by atoms with Crippen LogP contribution in [0.4, 0.5) is 0 Å². The van der Waals surface area contributed by atoms with Crippen molar-refractivity contribution in [3.8, 4) is 0 Å². The van der Waals surface area contributed by atoms with Crippen molar-refractivity contribution in [3.05, 3.63) is 24.6 Å². The van der Waals surface area contributed by atoms with E-state index in [1.54, 1.807) is 14.2 Å². The predicted octanol–water partition coefficient (Wildman–Crippen LogP) is 5.07. The van der Waals surface area contributed by atoms with Crippen LogP contribution in [0.2, 0.25) is 0 Å². The van der Waals surface area contributed by atoms with Gasteiger partial charge in [0.15, 0.2) is 0 Å². The maximum absolute atomic E-state index is 11.1. The van der Waals surface area contributed by atoms with Crippen molar-refractivity contribution in [2.45, 2.75) is 73.1 Å². The Bertz CT molecular complexity index is 582. The number of likely N-dealkylation sites (tertiary alicyclic amines) is 1. The highest BCUT2D eigenvalue weighted by Gasteiger charge is 2.36. The van der Waals surface area contributed by atoms with Crippen molar-refractivity contribution in [2.24, 2.45) is 11.8 Å². The number of nitrogens with zero attached hydrogens (tertiary/aromatic N) is 1. The number of nitrogens with one attached hydrogen (secondary N) is 2. The zero-order chi connectivity index (χ0) is 23.7. The van der Waals surface area contributed by atoms with E-state index in [1.807, 2.05) is 0 Å². The van der Waals surface area contributed by atoms with Gasteiger partial charge in [-0.25, -0.2) is 5.09 Å². The van der Waals surface area contributed by atoms with Crippen molar-refractivity contribution >= 4 is 7.52 Å². The minimum atomic E-state index is -2.65. The second-order valence-electron chi connectivity index (χ2n) is 9.18. The summed E-state index contributed by atoms with van der Waals surface area (Å²) in [5, 5.41) is 6.06. The van der Waals surface area contributed by atoms with E-state index in [2.05, 4.69) is 79.3 Å². The molecule has 0 radical (unpaired) electrons. The molecule has 0 aromatic heterocycles. The number of allylic oxidation sites excluding steroid dienone is 1. The Kier molecular flexibility index (Phi) is 14.9. The van der Waals surface area contributed by atoms with Crippen molar-refractivity contribution in [1.82, 2.24) is 15.3 Å². The Hall–Kier alpha value is -0.850. The van der Waals surface area contributed by atoms with E-state index in [9.17, 15) is 4.57 Å². The molecule has 8 heteroatoms. The van der Waals surface area contributed by atoms with Gasteiger partial charge in [-0.1, -0.05) is 41.4 Å². The van der Waals surface area contributed by atoms with Gasteiger partial charge in [-0.15, -0.1) is 0 Å². The van der Waals surface area contributed by atoms with Crippen molar-refractivity contribution in [3.63, 3.8) is 0 Å². The first kappa shape index (κ1) is 32.3. The first-order valence-electron chi connectivity index (χ1n) is 10.5. The molecule has 31 heavy (non-hydrogen) atoms. The van der Waals surface area contributed by atoms with Crippen LogP contribution in [-0.4, -0.2) is 63.9 Å². The highest BCUT2D eigenvalue weighted by atomic mass is 31.2. The van der Waals surface area contributed by atoms with Crippen molar-refractivity contribution in [1.29, 1.82) is 0 Å². The molecule has 1 aliphatic heterocycles. The van der Waals surface area contributed by atoms with Crippen LogP contribution in [0.25, 0.3) is 0 Å². The summed E-state index contributed by atoms with van der Waals surface area (Å²) < 4.78 is 26.0. The second kappa shape index (κ2) is 14.3. The molecule has 0 saturated carbocycles. The number of hydrogen-bond donors (Lipinski definition) is 2. The van der Waals surface area contributed by atoms with E-state index >= 15 is 0 Å². The maximum atomic E-state index is 11.1. The van der Waals surface area contributed by atoms with Gasteiger partial charge >= 0.3 is 0 Å². The fraction of sp³-hybridized carbons (Fsp3) is 0.826. The maximum Gasteiger partial charge on any atom is 0.294 e. The zero-order valence-corrected chi connectivity index (χ0v) is 21.8. The van der Waals surface area contributed by atoms with Crippen LogP contribution in [-0.2, 0) is 18.6 Å². The van der Waals surface area contributed by atoms with Crippen molar-refractivity contribution in [2.75, 3.05) is 41.3 Å². The standard InChI is InChI=1S/C18H34N2O.C4H12NO3P.CH4/c1-12(2)13(3)15(5)20-11-16(21-9)10-17(20)14(4)19-18(6,7)8;1-5-9(6,8-3)4-7-2;/h12-13,16-17,19H,4-5,10-11H2,1-3,6-9H3;4H2,1-3H3,(H,5,6);1H4. The van der Waals surface area contributed by atoms with E-state index in [4.69, 9.17) is 4.74 Å². The van der Waals surface area contributed by atoms with Gasteiger partial charge in [0.05, 0.1) is 12.1 Å². The summed E-state index contributed by atoms with van der Waals surface area (Å²) in [5.41, 5.74) is 2.30. The van der Waals surface area contributed by atoms with Gasteiger partial charge in [-0.2, -0.15) is 0 Å². The first-order chi connectivity index (χ1) is 13.7. The normalized spacial score (nSPS) is 21.5. The molecular formula is C23H50N3O4P. The molecule has 0 aliphatic carbocycles. The van der Waals surface area contributed by atoms with Crippen LogP contribution in [0.1, 0.15) is 55.4 Å². The molecule has 2 N–H and O–H groups in total. The summed E-state index contributed by atoms with van der Waals surface area (Å²) in [6.45, 7) is 22.8. The Morgan fingerprint density at radius 2 is 1.74 bits per heavy atom. The van der Waals surface area contributed by atoms with Gasteiger partial charge in [0.2, 0.25) is 0 Å². The molecule has 0 aromatic rings. The lowest BCUT2D eigenvalue weighted by Crippen LogP contribution is -2.43. The van der Waals surface area contributed by atoms with Crippen LogP contribution >= 0.6 is 7.52 Å². The summed E-state index contributed by atoms with van der Waals surface area (Å²) in [6.07, 6.45) is 1.34. The Balaban J connectivity index is 0. The summed E-state index contributed by atoms with van der Waals surface area (Å²) in [7, 11) is 3.57. The predicted molar refractivity (Wildman–Crippen MR) is 133 cm³/mol. The van der Waals surface area contributed by atoms with Gasteiger partial charge in [0, 0.05) is 51.2 Å². The fourth-order valence-corrected chi connectivity index (χ4v) is 3.96. The van der Waals surface area contributed by atoms with E-state index < -0.39 is 7.52 Å². The van der Waals surface area contributed by atoms with Crippen LogP contribution in [0, 0.1) is 11.8 Å². The molecule has 4 atom stereocenters.